The van der Waals surface area contributed by atoms with Gasteiger partial charge >= 0.3 is 5.97 Å². The molecule has 0 amide bonds. The molecule has 0 aliphatic heterocycles. The molecule has 0 saturated carbocycles. The average Bonchev–Trinajstić information content (AvgIpc) is 2.39. The molecule has 1 rings (SSSR count). The van der Waals surface area contributed by atoms with E-state index in [0.717, 1.165) is 18.0 Å². The minimum Gasteiger partial charge on any atom is -0.466 e. The van der Waals surface area contributed by atoms with Gasteiger partial charge in [0.25, 0.3) is 0 Å². The molecule has 18 heavy (non-hydrogen) atoms. The van der Waals surface area contributed by atoms with Gasteiger partial charge in [0, 0.05) is 17.6 Å². The van der Waals surface area contributed by atoms with E-state index in [-0.39, 0.29) is 5.97 Å². The number of methoxy groups -OCH3 is 1. The van der Waals surface area contributed by atoms with Crippen molar-refractivity contribution in [2.75, 3.05) is 13.7 Å². The zero-order chi connectivity index (χ0) is 13.2. The van der Waals surface area contributed by atoms with Gasteiger partial charge in [-0.25, -0.2) is 4.79 Å². The standard InChI is InChI=1S/C14H16ClNO2/c1-18-14(17)4-2-3-10-16-11-9-12-5-7-13(15)8-6-12/h2-8,10,16H,9,11H2,1H3/b4-2+,10-3+. The highest BCUT2D eigenvalue weighted by atomic mass is 35.5. The smallest absolute Gasteiger partial charge is 0.330 e. The van der Waals surface area contributed by atoms with Crippen LogP contribution in [0.2, 0.25) is 5.02 Å². The Labute approximate surface area is 112 Å². The number of carbonyl (C=O) groups excluding carboxylic acids is 1. The fraction of sp³-hybridized carbons (Fsp3) is 0.214. The van der Waals surface area contributed by atoms with Crippen LogP contribution in [0.15, 0.2) is 48.7 Å². The second kappa shape index (κ2) is 8.37. The monoisotopic (exact) mass is 265 g/mol. The largest absolute Gasteiger partial charge is 0.466 e. The molecule has 0 radical (unpaired) electrons. The molecule has 4 heteroatoms. The normalized spacial score (nSPS) is 11.0. The van der Waals surface area contributed by atoms with E-state index in [1.165, 1.54) is 18.7 Å². The van der Waals surface area contributed by atoms with Crippen LogP contribution in [-0.4, -0.2) is 19.6 Å². The van der Waals surface area contributed by atoms with Gasteiger partial charge in [-0.1, -0.05) is 29.8 Å². The number of hydrogen-bond donors (Lipinski definition) is 1. The molecular formula is C14H16ClNO2. The summed E-state index contributed by atoms with van der Waals surface area (Å²) in [5.41, 5.74) is 1.23. The molecule has 0 aromatic heterocycles. The molecule has 1 aromatic rings. The summed E-state index contributed by atoms with van der Waals surface area (Å²) in [5.74, 6) is -0.360. The van der Waals surface area contributed by atoms with Gasteiger partial charge in [-0.15, -0.1) is 0 Å². The predicted molar refractivity (Wildman–Crippen MR) is 73.5 cm³/mol. The van der Waals surface area contributed by atoms with Crippen LogP contribution >= 0.6 is 11.6 Å². The molecule has 0 unspecified atom stereocenters. The van der Waals surface area contributed by atoms with E-state index >= 15 is 0 Å². The van der Waals surface area contributed by atoms with Crippen molar-refractivity contribution in [2.24, 2.45) is 0 Å². The molecule has 1 aromatic carbocycles. The number of hydrogen-bond acceptors (Lipinski definition) is 3. The molecule has 0 heterocycles. The number of ether oxygens (including phenoxy) is 1. The second-order valence-corrected chi connectivity index (χ2v) is 4.01. The summed E-state index contributed by atoms with van der Waals surface area (Å²) >= 11 is 5.80. The highest BCUT2D eigenvalue weighted by Crippen LogP contribution is 2.09. The van der Waals surface area contributed by atoms with Crippen LogP contribution in [0.4, 0.5) is 0 Å². The summed E-state index contributed by atoms with van der Waals surface area (Å²) < 4.78 is 4.45. The summed E-state index contributed by atoms with van der Waals surface area (Å²) in [6.07, 6.45) is 7.44. The van der Waals surface area contributed by atoms with Crippen molar-refractivity contribution in [1.29, 1.82) is 0 Å². The summed E-state index contributed by atoms with van der Waals surface area (Å²) in [6.45, 7) is 0.824. The van der Waals surface area contributed by atoms with Gasteiger partial charge in [-0.3, -0.25) is 0 Å². The first kappa shape index (κ1) is 14.3. The summed E-state index contributed by atoms with van der Waals surface area (Å²) in [5, 5.41) is 3.87. The first-order chi connectivity index (χ1) is 8.72. The Hall–Kier alpha value is -1.74. The summed E-state index contributed by atoms with van der Waals surface area (Å²) in [6, 6.07) is 7.77. The average molecular weight is 266 g/mol. The van der Waals surface area contributed by atoms with Crippen LogP contribution in [-0.2, 0) is 16.0 Å². The molecule has 0 saturated heterocycles. The third kappa shape index (κ3) is 6.11. The third-order valence-electron chi connectivity index (χ3n) is 2.23. The fourth-order valence-electron chi connectivity index (χ4n) is 1.28. The molecule has 3 nitrogen and oxygen atoms in total. The van der Waals surface area contributed by atoms with E-state index < -0.39 is 0 Å². The number of rotatable bonds is 6. The number of carbonyl (C=O) groups is 1. The number of benzene rings is 1. The Morgan fingerprint density at radius 1 is 1.33 bits per heavy atom. The van der Waals surface area contributed by atoms with E-state index in [4.69, 9.17) is 11.6 Å². The van der Waals surface area contributed by atoms with E-state index in [2.05, 4.69) is 10.1 Å². The lowest BCUT2D eigenvalue weighted by molar-refractivity contribution is -0.134. The zero-order valence-electron chi connectivity index (χ0n) is 10.2. The minimum absolute atomic E-state index is 0.360. The van der Waals surface area contributed by atoms with E-state index in [0.29, 0.717) is 0 Å². The highest BCUT2D eigenvalue weighted by molar-refractivity contribution is 6.30. The number of esters is 1. The zero-order valence-corrected chi connectivity index (χ0v) is 11.0. The van der Waals surface area contributed by atoms with Gasteiger partial charge < -0.3 is 10.1 Å². The lowest BCUT2D eigenvalue weighted by atomic mass is 10.1. The van der Waals surface area contributed by atoms with Crippen LogP contribution < -0.4 is 5.32 Å². The van der Waals surface area contributed by atoms with Crippen molar-refractivity contribution < 1.29 is 9.53 Å². The van der Waals surface area contributed by atoms with E-state index in [1.807, 2.05) is 24.3 Å². The summed E-state index contributed by atoms with van der Waals surface area (Å²) in [4.78, 5) is 10.7. The van der Waals surface area contributed by atoms with Crippen LogP contribution in [0, 0.1) is 0 Å². The van der Waals surface area contributed by atoms with Gasteiger partial charge in [0.05, 0.1) is 7.11 Å². The van der Waals surface area contributed by atoms with Gasteiger partial charge in [0.1, 0.15) is 0 Å². The molecule has 0 spiro atoms. The first-order valence-electron chi connectivity index (χ1n) is 5.61. The number of allylic oxidation sites excluding steroid dienone is 2. The van der Waals surface area contributed by atoms with Gasteiger partial charge in [0.2, 0.25) is 0 Å². The molecule has 0 fully saturated rings. The topological polar surface area (TPSA) is 38.3 Å². The molecule has 1 N–H and O–H groups in total. The van der Waals surface area contributed by atoms with Gasteiger partial charge in [-0.2, -0.15) is 0 Å². The molecular weight excluding hydrogens is 250 g/mol. The van der Waals surface area contributed by atoms with Crippen molar-refractivity contribution in [3.63, 3.8) is 0 Å². The van der Waals surface area contributed by atoms with Crippen molar-refractivity contribution in [3.8, 4) is 0 Å². The van der Waals surface area contributed by atoms with Crippen LogP contribution in [0.1, 0.15) is 5.56 Å². The maximum absolute atomic E-state index is 10.7. The van der Waals surface area contributed by atoms with Crippen molar-refractivity contribution in [1.82, 2.24) is 5.32 Å². The van der Waals surface area contributed by atoms with Crippen molar-refractivity contribution >= 4 is 17.6 Å². The Morgan fingerprint density at radius 3 is 2.72 bits per heavy atom. The molecule has 0 bridgehead atoms. The third-order valence-corrected chi connectivity index (χ3v) is 2.48. The maximum atomic E-state index is 10.7. The second-order valence-electron chi connectivity index (χ2n) is 3.57. The van der Waals surface area contributed by atoms with Crippen LogP contribution in [0.5, 0.6) is 0 Å². The maximum Gasteiger partial charge on any atom is 0.330 e. The predicted octanol–water partition coefficient (Wildman–Crippen LogP) is 2.72. The molecule has 0 atom stereocenters. The van der Waals surface area contributed by atoms with Crippen molar-refractivity contribution in [3.05, 3.63) is 59.3 Å². The van der Waals surface area contributed by atoms with Gasteiger partial charge in [-0.05, 0) is 36.4 Å². The lowest BCUT2D eigenvalue weighted by Crippen LogP contribution is -2.09. The Bertz CT molecular complexity index is 424. The van der Waals surface area contributed by atoms with Crippen LogP contribution in [0.25, 0.3) is 0 Å². The SMILES string of the molecule is COC(=O)/C=C/C=C/NCCc1ccc(Cl)cc1. The minimum atomic E-state index is -0.360. The first-order valence-corrected chi connectivity index (χ1v) is 5.99. The Morgan fingerprint density at radius 2 is 2.06 bits per heavy atom. The quantitative estimate of drug-likeness (QED) is 0.372. The van der Waals surface area contributed by atoms with Crippen LogP contribution in [0.3, 0.4) is 0 Å². The van der Waals surface area contributed by atoms with Gasteiger partial charge in [0.15, 0.2) is 0 Å². The molecule has 96 valence electrons. The molecule has 0 aliphatic carbocycles. The number of halogens is 1. The lowest BCUT2D eigenvalue weighted by Gasteiger charge is -2.01. The van der Waals surface area contributed by atoms with E-state index in [1.54, 1.807) is 18.4 Å². The Balaban J connectivity index is 2.18. The Kier molecular flexibility index (Phi) is 6.66. The van der Waals surface area contributed by atoms with E-state index in [9.17, 15) is 4.79 Å². The molecule has 0 aliphatic rings. The highest BCUT2D eigenvalue weighted by Gasteiger charge is 1.91. The summed E-state index contributed by atoms with van der Waals surface area (Å²) in [7, 11) is 1.35. The fourth-order valence-corrected chi connectivity index (χ4v) is 1.40. The number of nitrogens with one attached hydrogen (secondary N) is 1. The van der Waals surface area contributed by atoms with Crippen molar-refractivity contribution in [2.45, 2.75) is 6.42 Å².